The van der Waals surface area contributed by atoms with Gasteiger partial charge in [-0.1, -0.05) is 11.8 Å². The summed E-state index contributed by atoms with van der Waals surface area (Å²) in [7, 11) is -3.40. The quantitative estimate of drug-likeness (QED) is 0.521. The Morgan fingerprint density at radius 3 is 2.67 bits per heavy atom. The maximum atomic E-state index is 11.3. The minimum absolute atomic E-state index is 0.204. The second-order valence-corrected chi connectivity index (χ2v) is 7.81. The van der Waals surface area contributed by atoms with Crippen LogP contribution >= 0.6 is 11.8 Å². The van der Waals surface area contributed by atoms with Gasteiger partial charge in [0.1, 0.15) is 0 Å². The van der Waals surface area contributed by atoms with E-state index >= 15 is 0 Å². The van der Waals surface area contributed by atoms with Crippen molar-refractivity contribution in [2.75, 3.05) is 12.0 Å². The summed E-state index contributed by atoms with van der Waals surface area (Å²) >= 11 is 0.903. The third-order valence-corrected chi connectivity index (χ3v) is 4.10. The molecule has 118 valence electrons. The van der Waals surface area contributed by atoms with E-state index in [4.69, 9.17) is 5.11 Å². The molecule has 2 N–H and O–H groups in total. The van der Waals surface area contributed by atoms with Crippen molar-refractivity contribution in [2.24, 2.45) is 0 Å². The fourth-order valence-corrected chi connectivity index (χ4v) is 3.50. The van der Waals surface area contributed by atoms with Gasteiger partial charge in [-0.25, -0.2) is 13.1 Å². The summed E-state index contributed by atoms with van der Waals surface area (Å²) in [6, 6.07) is 1.24. The second kappa shape index (κ2) is 6.58. The van der Waals surface area contributed by atoms with E-state index < -0.39 is 27.1 Å². The van der Waals surface area contributed by atoms with Gasteiger partial charge in [-0.3, -0.25) is 9.59 Å². The number of hydrogen-bond acceptors (Lipinski definition) is 6. The van der Waals surface area contributed by atoms with Crippen LogP contribution in [0, 0.1) is 0 Å². The number of thioether (sulfide) groups is 1. The molecule has 0 spiro atoms. The van der Waals surface area contributed by atoms with E-state index in [1.54, 1.807) is 18.4 Å². The normalized spacial score (nSPS) is 12.3. The lowest BCUT2D eigenvalue weighted by Crippen LogP contribution is -2.46. The van der Waals surface area contributed by atoms with Crippen LogP contribution < -0.4 is 10.3 Å². The number of carboxylic acid groups (broad SMARTS) is 1. The molecule has 1 heterocycles. The summed E-state index contributed by atoms with van der Waals surface area (Å²) in [4.78, 5) is 25.7. The fraction of sp³-hybridized carbons (Fsp3) is 0.545. The molecule has 10 heteroatoms. The summed E-state index contributed by atoms with van der Waals surface area (Å²) in [5.74, 6) is -1.27. The van der Waals surface area contributed by atoms with Gasteiger partial charge >= 0.3 is 5.97 Å². The molecule has 0 bridgehead atoms. The van der Waals surface area contributed by atoms with E-state index in [1.165, 1.54) is 12.3 Å². The third kappa shape index (κ3) is 6.74. The predicted octanol–water partition coefficient (Wildman–Crippen LogP) is -0.252. The summed E-state index contributed by atoms with van der Waals surface area (Å²) < 4.78 is 26.7. The molecule has 0 aliphatic carbocycles. The van der Waals surface area contributed by atoms with Crippen molar-refractivity contribution < 1.29 is 18.3 Å². The molecule has 1 aromatic heterocycles. The van der Waals surface area contributed by atoms with Gasteiger partial charge in [-0.2, -0.15) is 4.98 Å². The standard InChI is InChI=1S/C11H17N3O5S2/c1-11(2,13-21(3,18)19)7-14-5-4-8(15)12-10(14)20-6-9(16)17/h4-5,13H,6-7H2,1-3H3,(H,16,17). The van der Waals surface area contributed by atoms with Crippen LogP contribution in [0.5, 0.6) is 0 Å². The molecule has 0 radical (unpaired) electrons. The van der Waals surface area contributed by atoms with E-state index in [1.807, 2.05) is 0 Å². The van der Waals surface area contributed by atoms with Gasteiger partial charge < -0.3 is 9.67 Å². The van der Waals surface area contributed by atoms with Crippen molar-refractivity contribution in [3.8, 4) is 0 Å². The summed E-state index contributed by atoms with van der Waals surface area (Å²) in [6.07, 6.45) is 2.52. The number of nitrogens with one attached hydrogen (secondary N) is 1. The van der Waals surface area contributed by atoms with Gasteiger partial charge in [0.05, 0.1) is 12.0 Å². The first kappa shape index (κ1) is 17.7. The molecule has 0 fully saturated rings. The first-order chi connectivity index (χ1) is 9.48. The van der Waals surface area contributed by atoms with Gasteiger partial charge in [0.25, 0.3) is 5.56 Å². The lowest BCUT2D eigenvalue weighted by Gasteiger charge is -2.27. The number of aromatic nitrogens is 2. The Bertz CT molecular complexity index is 681. The number of hydrogen-bond donors (Lipinski definition) is 2. The Balaban J connectivity index is 3.01. The second-order valence-electron chi connectivity index (χ2n) is 5.12. The van der Waals surface area contributed by atoms with E-state index in [0.29, 0.717) is 0 Å². The summed E-state index contributed by atoms with van der Waals surface area (Å²) in [6.45, 7) is 3.56. The number of nitrogens with zero attached hydrogens (tertiary/aromatic N) is 2. The molecular formula is C11H17N3O5S2. The Hall–Kier alpha value is -1.39. The van der Waals surface area contributed by atoms with Crippen LogP contribution in [-0.2, 0) is 21.4 Å². The van der Waals surface area contributed by atoms with E-state index in [9.17, 15) is 18.0 Å². The van der Waals surface area contributed by atoms with Crippen molar-refractivity contribution in [3.05, 3.63) is 22.6 Å². The molecule has 0 aliphatic rings. The van der Waals surface area contributed by atoms with E-state index in [2.05, 4.69) is 9.71 Å². The molecular weight excluding hydrogens is 318 g/mol. The van der Waals surface area contributed by atoms with Crippen molar-refractivity contribution in [3.63, 3.8) is 0 Å². The SMILES string of the molecule is CC(C)(Cn1ccc(=O)nc1SCC(=O)O)NS(C)(=O)=O. The third-order valence-electron chi connectivity index (χ3n) is 2.20. The van der Waals surface area contributed by atoms with E-state index in [0.717, 1.165) is 18.0 Å². The van der Waals surface area contributed by atoms with Crippen LogP contribution in [-0.4, -0.2) is 46.6 Å². The number of carboxylic acids is 1. The van der Waals surface area contributed by atoms with Gasteiger partial charge in [-0.05, 0) is 13.8 Å². The van der Waals surface area contributed by atoms with Crippen molar-refractivity contribution >= 4 is 27.8 Å². The Labute approximate surface area is 126 Å². The van der Waals surface area contributed by atoms with E-state index in [-0.39, 0.29) is 17.5 Å². The minimum Gasteiger partial charge on any atom is -0.481 e. The molecule has 0 unspecified atom stereocenters. The van der Waals surface area contributed by atoms with Gasteiger partial charge in [0.15, 0.2) is 5.16 Å². The van der Waals surface area contributed by atoms with Crippen molar-refractivity contribution in [1.82, 2.24) is 14.3 Å². The Morgan fingerprint density at radius 2 is 2.14 bits per heavy atom. The highest BCUT2D eigenvalue weighted by Crippen LogP contribution is 2.17. The molecule has 0 aliphatic heterocycles. The highest BCUT2D eigenvalue weighted by Gasteiger charge is 2.23. The lowest BCUT2D eigenvalue weighted by molar-refractivity contribution is -0.133. The first-order valence-electron chi connectivity index (χ1n) is 5.89. The number of carbonyl (C=O) groups is 1. The highest BCUT2D eigenvalue weighted by atomic mass is 32.2. The van der Waals surface area contributed by atoms with Gasteiger partial charge in [-0.15, -0.1) is 0 Å². The molecule has 1 rings (SSSR count). The molecule has 8 nitrogen and oxygen atoms in total. The predicted molar refractivity (Wildman–Crippen MR) is 78.9 cm³/mol. The maximum absolute atomic E-state index is 11.3. The zero-order chi connectivity index (χ0) is 16.3. The summed E-state index contributed by atoms with van der Waals surface area (Å²) in [5.41, 5.74) is -1.30. The molecule has 0 saturated carbocycles. The first-order valence-corrected chi connectivity index (χ1v) is 8.77. The van der Waals surface area contributed by atoms with Crippen LogP contribution in [0.15, 0.2) is 22.2 Å². The molecule has 0 aromatic carbocycles. The van der Waals surface area contributed by atoms with Gasteiger partial charge in [0, 0.05) is 24.3 Å². The van der Waals surface area contributed by atoms with Crippen LogP contribution in [0.4, 0.5) is 0 Å². The monoisotopic (exact) mass is 335 g/mol. The van der Waals surface area contributed by atoms with Crippen LogP contribution in [0.2, 0.25) is 0 Å². The molecule has 21 heavy (non-hydrogen) atoms. The zero-order valence-electron chi connectivity index (χ0n) is 11.9. The molecule has 0 saturated heterocycles. The van der Waals surface area contributed by atoms with Crippen LogP contribution in [0.1, 0.15) is 13.8 Å². The average molecular weight is 335 g/mol. The van der Waals surface area contributed by atoms with Crippen LogP contribution in [0.3, 0.4) is 0 Å². The van der Waals surface area contributed by atoms with Gasteiger partial charge in [0.2, 0.25) is 10.0 Å². The Kier molecular flexibility index (Phi) is 5.54. The number of rotatable bonds is 7. The number of sulfonamides is 1. The Morgan fingerprint density at radius 1 is 1.52 bits per heavy atom. The highest BCUT2D eigenvalue weighted by molar-refractivity contribution is 7.99. The smallest absolute Gasteiger partial charge is 0.313 e. The fourth-order valence-electron chi connectivity index (χ4n) is 1.74. The van der Waals surface area contributed by atoms with Crippen LogP contribution in [0.25, 0.3) is 0 Å². The van der Waals surface area contributed by atoms with Crippen molar-refractivity contribution in [1.29, 1.82) is 0 Å². The molecule has 1 aromatic rings. The topological polar surface area (TPSA) is 118 Å². The largest absolute Gasteiger partial charge is 0.481 e. The molecule has 0 amide bonds. The number of aliphatic carboxylic acids is 1. The molecule has 0 atom stereocenters. The minimum atomic E-state index is -3.40. The maximum Gasteiger partial charge on any atom is 0.313 e. The lowest BCUT2D eigenvalue weighted by atomic mass is 10.1. The zero-order valence-corrected chi connectivity index (χ0v) is 13.5. The average Bonchev–Trinajstić information content (AvgIpc) is 2.25. The van der Waals surface area contributed by atoms with Crippen molar-refractivity contribution in [2.45, 2.75) is 31.1 Å². The summed E-state index contributed by atoms with van der Waals surface area (Å²) in [5, 5.41) is 8.92.